The maximum Gasteiger partial charge on any atom is 0.215 e. The lowest BCUT2D eigenvalue weighted by atomic mass is 10.00. The largest absolute Gasteiger partial charge is 0.367 e. The Kier molecular flexibility index (Phi) is 10.2. The number of amides is 1. The average Bonchev–Trinajstić information content (AvgIpc) is 2.98. The first-order valence-electron chi connectivity index (χ1n) is 13.4. The van der Waals surface area contributed by atoms with E-state index in [0.29, 0.717) is 40.8 Å². The molecule has 0 unspecified atom stereocenters. The van der Waals surface area contributed by atoms with Crippen molar-refractivity contribution in [1.29, 1.82) is 0 Å². The van der Waals surface area contributed by atoms with E-state index in [0.717, 1.165) is 48.4 Å². The Labute approximate surface area is 246 Å². The Balaban J connectivity index is 1.69. The molecule has 212 valence electrons. The minimum absolute atomic E-state index is 0.323. The van der Waals surface area contributed by atoms with Gasteiger partial charge in [0.15, 0.2) is 0 Å². The van der Waals surface area contributed by atoms with Gasteiger partial charge < -0.3 is 9.80 Å². The van der Waals surface area contributed by atoms with Crippen molar-refractivity contribution in [3.63, 3.8) is 0 Å². The average molecular weight is 573 g/mol. The Morgan fingerprint density at radius 3 is 2.54 bits per heavy atom. The van der Waals surface area contributed by atoms with Crippen LogP contribution in [0.25, 0.3) is 16.7 Å². The van der Waals surface area contributed by atoms with Crippen LogP contribution in [0.4, 0.5) is 15.8 Å². The van der Waals surface area contributed by atoms with Gasteiger partial charge in [-0.05, 0) is 74.7 Å². The Morgan fingerprint density at radius 1 is 1.15 bits per heavy atom. The van der Waals surface area contributed by atoms with E-state index in [9.17, 15) is 4.79 Å². The summed E-state index contributed by atoms with van der Waals surface area (Å²) >= 11 is 6.70. The molecule has 1 aliphatic rings. The number of hydrogen-bond donors (Lipinski definition) is 0. The van der Waals surface area contributed by atoms with Crippen LogP contribution in [0.5, 0.6) is 0 Å². The molecule has 0 N–H and O–H groups in total. The normalized spacial score (nSPS) is 15.1. The lowest BCUT2D eigenvalue weighted by Gasteiger charge is -2.34. The summed E-state index contributed by atoms with van der Waals surface area (Å²) in [5.41, 5.74) is 5.01. The summed E-state index contributed by atoms with van der Waals surface area (Å²) in [6.07, 6.45) is 7.58. The summed E-state index contributed by atoms with van der Waals surface area (Å²) in [4.78, 5) is 30.6. The number of likely N-dealkylation sites (N-methyl/N-ethyl adjacent to an activating group) is 2. The first kappa shape index (κ1) is 29.8. The summed E-state index contributed by atoms with van der Waals surface area (Å²) in [6, 6.07) is 14.6. The van der Waals surface area contributed by atoms with Gasteiger partial charge in [-0.25, -0.2) is 9.38 Å². The van der Waals surface area contributed by atoms with Gasteiger partial charge in [0.25, 0.3) is 0 Å². The van der Waals surface area contributed by atoms with Gasteiger partial charge in [-0.15, -0.1) is 0 Å². The Morgan fingerprint density at radius 2 is 1.93 bits per heavy atom. The fraction of sp³-hybridized carbons (Fsp3) is 0.250. The van der Waals surface area contributed by atoms with E-state index in [4.69, 9.17) is 16.6 Å². The van der Waals surface area contributed by atoms with E-state index < -0.39 is 0 Å². The Bertz CT molecular complexity index is 1480. The van der Waals surface area contributed by atoms with Gasteiger partial charge in [0, 0.05) is 73.5 Å². The third kappa shape index (κ3) is 7.34. The van der Waals surface area contributed by atoms with E-state index in [-0.39, 0.29) is 5.82 Å². The van der Waals surface area contributed by atoms with Crippen LogP contribution < -0.4 is 4.90 Å². The number of aromatic nitrogens is 1. The number of benzene rings is 2. The van der Waals surface area contributed by atoms with Crippen LogP contribution in [0.15, 0.2) is 88.8 Å². The highest BCUT2D eigenvalue weighted by Gasteiger charge is 2.19. The zero-order valence-electron chi connectivity index (χ0n) is 23.6. The SMILES string of the molecule is C=N/C=C(/C=C(\C)c1ccc(-c2cccnc2)cc1Cl)C(=Nc1ccc(N2CCN(C)CC2)c(F)c1)N(C=O)CC. The molecule has 1 aromatic heterocycles. The standard InChI is InChI=1S/C32H34ClFN6O/c1-5-39(22-41)32(37-27-9-11-31(30(34)19-27)40-15-13-38(4)14-16-40)26(20-35-3)17-23(2)28-10-8-24(18-29(28)33)25-7-6-12-36-21-25/h6-12,17-22H,3,5,13-16H2,1-2,4H3/b23-17+,26-20-,37-32?. The highest BCUT2D eigenvalue weighted by atomic mass is 35.5. The van der Waals surface area contributed by atoms with Crippen LogP contribution in [0.1, 0.15) is 19.4 Å². The van der Waals surface area contributed by atoms with Crippen LogP contribution >= 0.6 is 11.6 Å². The first-order chi connectivity index (χ1) is 19.8. The van der Waals surface area contributed by atoms with Crippen LogP contribution in [0, 0.1) is 5.82 Å². The summed E-state index contributed by atoms with van der Waals surface area (Å²) in [7, 11) is 2.06. The van der Waals surface area contributed by atoms with Crippen molar-refractivity contribution >= 4 is 47.5 Å². The second-order valence-corrected chi connectivity index (χ2v) is 10.2. The number of anilines is 1. The number of nitrogens with zero attached hydrogens (tertiary/aromatic N) is 6. The maximum atomic E-state index is 15.2. The third-order valence-electron chi connectivity index (χ3n) is 7.00. The molecule has 9 heteroatoms. The number of halogens is 2. The van der Waals surface area contributed by atoms with Gasteiger partial charge >= 0.3 is 0 Å². The minimum atomic E-state index is -0.358. The quantitative estimate of drug-likeness (QED) is 0.127. The number of rotatable bonds is 9. The van der Waals surface area contributed by atoms with Gasteiger partial charge in [0.05, 0.1) is 11.4 Å². The molecule has 1 amide bonds. The van der Waals surface area contributed by atoms with Crippen molar-refractivity contribution in [3.8, 4) is 11.1 Å². The lowest BCUT2D eigenvalue weighted by Crippen LogP contribution is -2.44. The lowest BCUT2D eigenvalue weighted by molar-refractivity contribution is -0.114. The molecular formula is C32H34ClFN6O. The zero-order valence-corrected chi connectivity index (χ0v) is 24.4. The van der Waals surface area contributed by atoms with Crippen molar-refractivity contribution in [3.05, 3.63) is 95.2 Å². The second kappa shape index (κ2) is 14.0. The van der Waals surface area contributed by atoms with Crippen molar-refractivity contribution < 1.29 is 9.18 Å². The summed E-state index contributed by atoms with van der Waals surface area (Å²) in [5, 5.41) is 0.564. The molecule has 0 aliphatic carbocycles. The van der Waals surface area contributed by atoms with Gasteiger partial charge in [0.1, 0.15) is 11.7 Å². The molecule has 0 atom stereocenters. The van der Waals surface area contributed by atoms with E-state index in [1.54, 1.807) is 24.5 Å². The molecule has 1 fully saturated rings. The van der Waals surface area contributed by atoms with Crippen LogP contribution in [-0.2, 0) is 4.79 Å². The first-order valence-corrected chi connectivity index (χ1v) is 13.8. The molecule has 0 spiro atoms. The number of carbonyl (C=O) groups is 1. The molecule has 1 saturated heterocycles. The molecule has 2 aromatic carbocycles. The fourth-order valence-corrected chi connectivity index (χ4v) is 5.01. The van der Waals surface area contributed by atoms with Gasteiger partial charge in [0.2, 0.25) is 6.41 Å². The number of pyridine rings is 1. The molecule has 7 nitrogen and oxygen atoms in total. The monoisotopic (exact) mass is 572 g/mol. The Hall–Kier alpha value is -4.14. The fourth-order valence-electron chi connectivity index (χ4n) is 4.68. The predicted molar refractivity (Wildman–Crippen MR) is 168 cm³/mol. The van der Waals surface area contributed by atoms with Crippen LogP contribution in [0.3, 0.4) is 0 Å². The van der Waals surface area contributed by atoms with E-state index in [1.807, 2.05) is 55.2 Å². The topological polar surface area (TPSA) is 64.4 Å². The molecule has 3 aromatic rings. The predicted octanol–water partition coefficient (Wildman–Crippen LogP) is 6.49. The second-order valence-electron chi connectivity index (χ2n) is 9.78. The number of hydrogen-bond acceptors (Lipinski definition) is 6. The van der Waals surface area contributed by atoms with Gasteiger partial charge in [-0.1, -0.05) is 29.8 Å². The zero-order chi connectivity index (χ0) is 29.4. The van der Waals surface area contributed by atoms with Crippen LogP contribution in [0.2, 0.25) is 5.02 Å². The molecule has 0 radical (unpaired) electrons. The number of allylic oxidation sites excluding steroid dienone is 1. The summed E-state index contributed by atoms with van der Waals surface area (Å²) in [5.74, 6) is -0.0343. The third-order valence-corrected chi connectivity index (χ3v) is 7.31. The smallest absolute Gasteiger partial charge is 0.215 e. The molecule has 2 heterocycles. The van der Waals surface area contributed by atoms with E-state index in [2.05, 4.69) is 28.6 Å². The maximum absolute atomic E-state index is 15.2. The molecular weight excluding hydrogens is 539 g/mol. The van der Waals surface area contributed by atoms with E-state index >= 15 is 4.39 Å². The molecule has 41 heavy (non-hydrogen) atoms. The van der Waals surface area contributed by atoms with Crippen molar-refractivity contribution in [2.75, 3.05) is 44.7 Å². The molecule has 1 aliphatic heterocycles. The van der Waals surface area contributed by atoms with Crippen molar-refractivity contribution in [2.45, 2.75) is 13.8 Å². The van der Waals surface area contributed by atoms with Crippen molar-refractivity contribution in [2.24, 2.45) is 9.98 Å². The summed E-state index contributed by atoms with van der Waals surface area (Å²) < 4.78 is 15.2. The molecule has 0 saturated carbocycles. The molecule has 0 bridgehead atoms. The number of aliphatic imine (C=N–C) groups is 2. The van der Waals surface area contributed by atoms with Gasteiger partial charge in [-0.2, -0.15) is 0 Å². The summed E-state index contributed by atoms with van der Waals surface area (Å²) in [6.45, 7) is 11.0. The van der Waals surface area contributed by atoms with E-state index in [1.165, 1.54) is 17.2 Å². The number of amidine groups is 1. The highest BCUT2D eigenvalue weighted by Crippen LogP contribution is 2.31. The number of carbonyl (C=O) groups excluding carboxylic acids is 1. The van der Waals surface area contributed by atoms with Crippen molar-refractivity contribution in [1.82, 2.24) is 14.8 Å². The minimum Gasteiger partial charge on any atom is -0.367 e. The highest BCUT2D eigenvalue weighted by molar-refractivity contribution is 6.32. The van der Waals surface area contributed by atoms with Gasteiger partial charge in [-0.3, -0.25) is 19.7 Å². The van der Waals surface area contributed by atoms with Crippen LogP contribution in [-0.4, -0.2) is 73.5 Å². The molecule has 4 rings (SSSR count). The number of piperazine rings is 1.